The van der Waals surface area contributed by atoms with Crippen molar-refractivity contribution in [2.75, 3.05) is 0 Å². The number of rotatable bonds is 6. The topological polar surface area (TPSA) is 26.3 Å². The molecule has 2 nitrogen and oxygen atoms in total. The smallest absolute Gasteiger partial charge is 0.312 e. The van der Waals surface area contributed by atoms with E-state index in [1.54, 1.807) is 0 Å². The predicted molar refractivity (Wildman–Crippen MR) is 86.7 cm³/mol. The maximum Gasteiger partial charge on any atom is 0.312 e. The summed E-state index contributed by atoms with van der Waals surface area (Å²) >= 11 is 0. The third-order valence-electron chi connectivity index (χ3n) is 5.02. The van der Waals surface area contributed by atoms with E-state index in [2.05, 4.69) is 48.5 Å². The fourth-order valence-corrected chi connectivity index (χ4v) is 2.45. The molecule has 0 saturated carbocycles. The molecular weight excluding hydrogens is 248 g/mol. The SMILES string of the molecule is CCC(C)(C)CC(C)(C(=O)OC(C)(C)C)C(C)(C)CC. The summed E-state index contributed by atoms with van der Waals surface area (Å²) in [5.74, 6) is -0.0571. The molecule has 0 N–H and O–H groups in total. The van der Waals surface area contributed by atoms with Gasteiger partial charge in [-0.2, -0.15) is 0 Å². The maximum atomic E-state index is 12.9. The predicted octanol–water partition coefficient (Wildman–Crippen LogP) is 5.60. The van der Waals surface area contributed by atoms with Crippen LogP contribution in [0.3, 0.4) is 0 Å². The number of carbonyl (C=O) groups is 1. The normalized spacial score (nSPS) is 16.7. The molecule has 0 aromatic heterocycles. The Morgan fingerprint density at radius 1 is 0.850 bits per heavy atom. The van der Waals surface area contributed by atoms with Crippen molar-refractivity contribution in [2.45, 2.75) is 94.1 Å². The summed E-state index contributed by atoms with van der Waals surface area (Å²) < 4.78 is 5.74. The fourth-order valence-electron chi connectivity index (χ4n) is 2.45. The zero-order valence-electron chi connectivity index (χ0n) is 15.4. The van der Waals surface area contributed by atoms with Gasteiger partial charge in [0.05, 0.1) is 5.41 Å². The monoisotopic (exact) mass is 284 g/mol. The van der Waals surface area contributed by atoms with Gasteiger partial charge in [0.2, 0.25) is 0 Å². The minimum absolute atomic E-state index is 0.0571. The van der Waals surface area contributed by atoms with Gasteiger partial charge in [-0.05, 0) is 51.4 Å². The van der Waals surface area contributed by atoms with Crippen LogP contribution in [0.1, 0.15) is 88.5 Å². The van der Waals surface area contributed by atoms with Gasteiger partial charge < -0.3 is 4.74 Å². The van der Waals surface area contributed by atoms with Crippen LogP contribution < -0.4 is 0 Å². The number of carbonyl (C=O) groups excluding carboxylic acids is 1. The molecule has 0 saturated heterocycles. The van der Waals surface area contributed by atoms with Crippen LogP contribution in [-0.2, 0) is 9.53 Å². The first kappa shape index (κ1) is 19.5. The van der Waals surface area contributed by atoms with E-state index >= 15 is 0 Å². The minimum atomic E-state index is -0.464. The van der Waals surface area contributed by atoms with Gasteiger partial charge in [-0.25, -0.2) is 0 Å². The first-order chi connectivity index (χ1) is 8.71. The first-order valence-corrected chi connectivity index (χ1v) is 7.94. The van der Waals surface area contributed by atoms with E-state index in [-0.39, 0.29) is 16.8 Å². The average molecular weight is 284 g/mol. The highest BCUT2D eigenvalue weighted by atomic mass is 16.6. The summed E-state index contributed by atoms with van der Waals surface area (Å²) in [6.07, 6.45) is 2.87. The van der Waals surface area contributed by atoms with Crippen molar-refractivity contribution in [2.24, 2.45) is 16.2 Å². The Morgan fingerprint density at radius 2 is 1.30 bits per heavy atom. The molecule has 0 aromatic carbocycles. The molecule has 0 heterocycles. The third kappa shape index (κ3) is 4.79. The third-order valence-corrected chi connectivity index (χ3v) is 5.02. The van der Waals surface area contributed by atoms with Crippen molar-refractivity contribution in [3.63, 3.8) is 0 Å². The van der Waals surface area contributed by atoms with Gasteiger partial charge in [-0.1, -0.05) is 48.0 Å². The Bertz CT molecular complexity index is 334. The minimum Gasteiger partial charge on any atom is -0.460 e. The Morgan fingerprint density at radius 3 is 1.60 bits per heavy atom. The fraction of sp³-hybridized carbons (Fsp3) is 0.944. The van der Waals surface area contributed by atoms with Crippen molar-refractivity contribution in [1.82, 2.24) is 0 Å². The van der Waals surface area contributed by atoms with Gasteiger partial charge >= 0.3 is 5.97 Å². The molecule has 1 atom stereocenters. The lowest BCUT2D eigenvalue weighted by molar-refractivity contribution is -0.178. The molecule has 2 heteroatoms. The molecule has 120 valence electrons. The van der Waals surface area contributed by atoms with Crippen LogP contribution in [0.25, 0.3) is 0 Å². The summed E-state index contributed by atoms with van der Waals surface area (Å²) in [6, 6.07) is 0. The largest absolute Gasteiger partial charge is 0.460 e. The molecule has 20 heavy (non-hydrogen) atoms. The van der Waals surface area contributed by atoms with Gasteiger partial charge in [-0.3, -0.25) is 4.79 Å². The van der Waals surface area contributed by atoms with E-state index in [4.69, 9.17) is 4.74 Å². The molecule has 0 aromatic rings. The molecule has 0 amide bonds. The first-order valence-electron chi connectivity index (χ1n) is 7.94. The number of esters is 1. The van der Waals surface area contributed by atoms with E-state index in [0.29, 0.717) is 0 Å². The summed E-state index contributed by atoms with van der Waals surface area (Å²) in [7, 11) is 0. The van der Waals surface area contributed by atoms with Crippen LogP contribution in [0.5, 0.6) is 0 Å². The second-order valence-corrected chi connectivity index (χ2v) is 8.77. The Balaban J connectivity index is 5.55. The van der Waals surface area contributed by atoms with E-state index < -0.39 is 11.0 Å². The lowest BCUT2D eigenvalue weighted by Crippen LogP contribution is -2.47. The van der Waals surface area contributed by atoms with Gasteiger partial charge in [0.15, 0.2) is 0 Å². The van der Waals surface area contributed by atoms with Crippen molar-refractivity contribution in [3.8, 4) is 0 Å². The molecule has 0 bridgehead atoms. The zero-order valence-corrected chi connectivity index (χ0v) is 15.4. The average Bonchev–Trinajstić information content (AvgIpc) is 2.25. The molecule has 0 rings (SSSR count). The highest BCUT2D eigenvalue weighted by Gasteiger charge is 2.50. The molecule has 0 fully saturated rings. The number of ether oxygens (including phenoxy) is 1. The Labute approximate surface area is 126 Å². The molecule has 0 aliphatic carbocycles. The van der Waals surface area contributed by atoms with Gasteiger partial charge in [0, 0.05) is 0 Å². The zero-order chi connectivity index (χ0) is 16.4. The van der Waals surface area contributed by atoms with Gasteiger partial charge in [0.1, 0.15) is 5.60 Å². The summed E-state index contributed by atoms with van der Waals surface area (Å²) in [6.45, 7) is 21.1. The molecule has 0 aliphatic rings. The Hall–Kier alpha value is -0.530. The van der Waals surface area contributed by atoms with Crippen LogP contribution >= 0.6 is 0 Å². The maximum absolute atomic E-state index is 12.9. The van der Waals surface area contributed by atoms with Crippen LogP contribution in [0.4, 0.5) is 0 Å². The second-order valence-electron chi connectivity index (χ2n) is 8.77. The van der Waals surface area contributed by atoms with Crippen molar-refractivity contribution >= 4 is 5.97 Å². The van der Waals surface area contributed by atoms with Crippen LogP contribution in [0.2, 0.25) is 0 Å². The van der Waals surface area contributed by atoms with E-state index in [1.807, 2.05) is 20.8 Å². The van der Waals surface area contributed by atoms with Crippen LogP contribution in [0, 0.1) is 16.2 Å². The summed E-state index contributed by atoms with van der Waals surface area (Å²) in [5, 5.41) is 0. The van der Waals surface area contributed by atoms with Crippen molar-refractivity contribution in [1.29, 1.82) is 0 Å². The van der Waals surface area contributed by atoms with Crippen LogP contribution in [0.15, 0.2) is 0 Å². The quantitative estimate of drug-likeness (QED) is 0.594. The molecular formula is C18H36O2. The number of hydrogen-bond donors (Lipinski definition) is 0. The highest BCUT2D eigenvalue weighted by molar-refractivity contribution is 5.78. The Kier molecular flexibility index (Phi) is 5.91. The molecule has 0 spiro atoms. The molecule has 1 unspecified atom stereocenters. The van der Waals surface area contributed by atoms with Crippen LogP contribution in [-0.4, -0.2) is 11.6 Å². The van der Waals surface area contributed by atoms with Crippen molar-refractivity contribution in [3.05, 3.63) is 0 Å². The van der Waals surface area contributed by atoms with Gasteiger partial charge in [0.25, 0.3) is 0 Å². The van der Waals surface area contributed by atoms with Gasteiger partial charge in [-0.15, -0.1) is 0 Å². The lowest BCUT2D eigenvalue weighted by atomic mass is 9.58. The lowest BCUT2D eigenvalue weighted by Gasteiger charge is -2.46. The van der Waals surface area contributed by atoms with E-state index in [0.717, 1.165) is 19.3 Å². The summed E-state index contributed by atoms with van der Waals surface area (Å²) in [4.78, 5) is 12.9. The molecule has 0 radical (unpaired) electrons. The van der Waals surface area contributed by atoms with Crippen molar-refractivity contribution < 1.29 is 9.53 Å². The standard InChI is InChI=1S/C18H36O2/c1-11-16(6,7)13-18(10,17(8,9)12-2)14(19)20-15(3,4)5/h11-13H2,1-10H3. The number of hydrogen-bond acceptors (Lipinski definition) is 2. The molecule has 0 aliphatic heterocycles. The highest BCUT2D eigenvalue weighted by Crippen LogP contribution is 2.50. The van der Waals surface area contributed by atoms with E-state index in [9.17, 15) is 4.79 Å². The van der Waals surface area contributed by atoms with E-state index in [1.165, 1.54) is 0 Å². The second kappa shape index (κ2) is 6.07. The summed E-state index contributed by atoms with van der Waals surface area (Å²) in [5.41, 5.74) is -0.840.